The number of carboxylic acid groups (broad SMARTS) is 1. The van der Waals surface area contributed by atoms with Crippen molar-refractivity contribution in [3.63, 3.8) is 0 Å². The van der Waals surface area contributed by atoms with Crippen molar-refractivity contribution < 1.29 is 19.4 Å². The van der Waals surface area contributed by atoms with Gasteiger partial charge in [0.1, 0.15) is 6.67 Å². The monoisotopic (exact) mass is 314 g/mol. The van der Waals surface area contributed by atoms with Gasteiger partial charge in [-0.1, -0.05) is 36.4 Å². The van der Waals surface area contributed by atoms with Gasteiger partial charge in [-0.3, -0.25) is 9.80 Å². The van der Waals surface area contributed by atoms with E-state index >= 15 is 0 Å². The maximum atomic E-state index is 12.2. The fourth-order valence-electron chi connectivity index (χ4n) is 2.06. The molecule has 6 heteroatoms. The van der Waals surface area contributed by atoms with Gasteiger partial charge in [0.25, 0.3) is 0 Å². The summed E-state index contributed by atoms with van der Waals surface area (Å²) in [5.41, 5.74) is 1.04. The molecule has 0 aliphatic carbocycles. The highest BCUT2D eigenvalue weighted by Gasteiger charge is 2.24. The lowest BCUT2D eigenvalue weighted by Gasteiger charge is -2.28. The Labute approximate surface area is 134 Å². The minimum absolute atomic E-state index is 0.164. The molecular weight excluding hydrogens is 296 g/mol. The minimum Gasteiger partial charge on any atom is -0.465 e. The summed E-state index contributed by atoms with van der Waals surface area (Å²) in [5.74, 6) is 0. The molecule has 0 atom stereocenters. The molecule has 0 saturated carbocycles. The van der Waals surface area contributed by atoms with E-state index in [1.807, 2.05) is 6.07 Å². The Morgan fingerprint density at radius 3 is 1.83 bits per heavy atom. The van der Waals surface area contributed by atoms with Crippen LogP contribution in [0.4, 0.5) is 21.0 Å². The average molecular weight is 314 g/mol. The van der Waals surface area contributed by atoms with E-state index in [-0.39, 0.29) is 13.3 Å². The molecule has 2 aromatic carbocycles. The van der Waals surface area contributed by atoms with Crippen molar-refractivity contribution in [2.24, 2.45) is 0 Å². The number of hydrogen-bond acceptors (Lipinski definition) is 3. The summed E-state index contributed by atoms with van der Waals surface area (Å²) in [6, 6.07) is 17.4. The molecule has 0 aliphatic heterocycles. The van der Waals surface area contributed by atoms with Gasteiger partial charge in [0.05, 0.1) is 6.61 Å². The summed E-state index contributed by atoms with van der Waals surface area (Å²) in [6.07, 6.45) is -1.75. The Hall–Kier alpha value is -3.02. The van der Waals surface area contributed by atoms with Gasteiger partial charge in [-0.2, -0.15) is 0 Å². The fraction of sp³-hybridized carbons (Fsp3) is 0.176. The van der Waals surface area contributed by atoms with Gasteiger partial charge in [-0.15, -0.1) is 0 Å². The van der Waals surface area contributed by atoms with Gasteiger partial charge in [-0.05, 0) is 31.2 Å². The van der Waals surface area contributed by atoms with E-state index in [1.54, 1.807) is 61.5 Å². The number of carbonyl (C=O) groups is 2. The van der Waals surface area contributed by atoms with E-state index in [9.17, 15) is 14.7 Å². The second-order valence-corrected chi connectivity index (χ2v) is 4.65. The zero-order valence-electron chi connectivity index (χ0n) is 12.8. The topological polar surface area (TPSA) is 70.1 Å². The number of carbonyl (C=O) groups excluding carboxylic acids is 1. The van der Waals surface area contributed by atoms with Crippen molar-refractivity contribution in [1.82, 2.24) is 0 Å². The summed E-state index contributed by atoms with van der Waals surface area (Å²) < 4.78 is 5.04. The predicted octanol–water partition coefficient (Wildman–Crippen LogP) is 3.79. The fourth-order valence-corrected chi connectivity index (χ4v) is 2.06. The molecule has 0 radical (unpaired) electrons. The smallest absolute Gasteiger partial charge is 0.415 e. The second-order valence-electron chi connectivity index (χ2n) is 4.65. The van der Waals surface area contributed by atoms with Crippen molar-refractivity contribution in [3.05, 3.63) is 60.7 Å². The van der Waals surface area contributed by atoms with Crippen LogP contribution in [0.25, 0.3) is 0 Å². The number of benzene rings is 2. The molecule has 23 heavy (non-hydrogen) atoms. The molecule has 0 spiro atoms. The first-order valence-corrected chi connectivity index (χ1v) is 7.18. The molecule has 2 rings (SSSR count). The van der Waals surface area contributed by atoms with Crippen LogP contribution in [0.2, 0.25) is 0 Å². The Morgan fingerprint density at radius 1 is 0.913 bits per heavy atom. The number of hydrogen-bond donors (Lipinski definition) is 1. The van der Waals surface area contributed by atoms with Gasteiger partial charge in [0.2, 0.25) is 0 Å². The van der Waals surface area contributed by atoms with Gasteiger partial charge < -0.3 is 9.84 Å². The zero-order chi connectivity index (χ0) is 16.7. The molecule has 0 fully saturated rings. The molecular formula is C17H18N2O4. The van der Waals surface area contributed by atoms with E-state index in [0.29, 0.717) is 11.4 Å². The van der Waals surface area contributed by atoms with Crippen LogP contribution in [-0.4, -0.2) is 30.6 Å². The molecule has 120 valence electrons. The molecule has 0 unspecified atom stereocenters. The Balaban J connectivity index is 2.31. The lowest BCUT2D eigenvalue weighted by atomic mass is 10.3. The molecule has 2 amide bonds. The minimum atomic E-state index is -1.15. The van der Waals surface area contributed by atoms with Crippen LogP contribution in [0.15, 0.2) is 60.7 Å². The lowest BCUT2D eigenvalue weighted by molar-refractivity contribution is 0.159. The number of para-hydroxylation sites is 2. The van der Waals surface area contributed by atoms with Crippen molar-refractivity contribution in [1.29, 1.82) is 0 Å². The van der Waals surface area contributed by atoms with Crippen molar-refractivity contribution in [3.8, 4) is 0 Å². The molecule has 6 nitrogen and oxygen atoms in total. The molecule has 0 aliphatic rings. The van der Waals surface area contributed by atoms with Crippen LogP contribution in [0.3, 0.4) is 0 Å². The van der Waals surface area contributed by atoms with Crippen LogP contribution in [0.5, 0.6) is 0 Å². The average Bonchev–Trinajstić information content (AvgIpc) is 2.57. The van der Waals surface area contributed by atoms with E-state index in [2.05, 4.69) is 0 Å². The number of nitrogens with zero attached hydrogens (tertiary/aromatic N) is 2. The van der Waals surface area contributed by atoms with E-state index in [1.165, 1.54) is 4.90 Å². The molecule has 0 heterocycles. The van der Waals surface area contributed by atoms with Crippen LogP contribution >= 0.6 is 0 Å². The quantitative estimate of drug-likeness (QED) is 0.852. The number of amides is 2. The third-order valence-corrected chi connectivity index (χ3v) is 3.14. The molecule has 0 bridgehead atoms. The summed E-state index contributed by atoms with van der Waals surface area (Å²) in [6.45, 7) is 1.75. The zero-order valence-corrected chi connectivity index (χ0v) is 12.8. The van der Waals surface area contributed by atoms with Crippen LogP contribution < -0.4 is 9.80 Å². The van der Waals surface area contributed by atoms with Crippen LogP contribution in [0.1, 0.15) is 6.92 Å². The number of anilines is 2. The third-order valence-electron chi connectivity index (χ3n) is 3.14. The highest BCUT2D eigenvalue weighted by molar-refractivity contribution is 5.92. The third kappa shape index (κ3) is 4.23. The summed E-state index contributed by atoms with van der Waals surface area (Å²) in [5, 5.41) is 9.48. The SMILES string of the molecule is CCOC(=O)N(CN(C(=O)O)c1ccccc1)c1ccccc1. The van der Waals surface area contributed by atoms with Crippen molar-refractivity contribution >= 4 is 23.6 Å². The summed E-state index contributed by atoms with van der Waals surface area (Å²) >= 11 is 0. The Morgan fingerprint density at radius 2 is 1.39 bits per heavy atom. The maximum Gasteiger partial charge on any atom is 0.415 e. The number of rotatable bonds is 5. The normalized spacial score (nSPS) is 9.96. The second kappa shape index (κ2) is 7.84. The van der Waals surface area contributed by atoms with Crippen LogP contribution in [0, 0.1) is 0 Å². The maximum absolute atomic E-state index is 12.2. The van der Waals surface area contributed by atoms with Crippen molar-refractivity contribution in [2.75, 3.05) is 23.1 Å². The van der Waals surface area contributed by atoms with Gasteiger partial charge >= 0.3 is 12.2 Å². The first kappa shape index (κ1) is 16.4. The Kier molecular flexibility index (Phi) is 5.57. The molecule has 0 saturated heterocycles. The Bertz CT molecular complexity index is 646. The largest absolute Gasteiger partial charge is 0.465 e. The van der Waals surface area contributed by atoms with Crippen LogP contribution in [-0.2, 0) is 4.74 Å². The summed E-state index contributed by atoms with van der Waals surface area (Å²) in [4.78, 5) is 26.2. The first-order chi connectivity index (χ1) is 11.1. The van der Waals surface area contributed by atoms with Gasteiger partial charge in [0.15, 0.2) is 0 Å². The van der Waals surface area contributed by atoms with E-state index in [4.69, 9.17) is 4.74 Å². The highest BCUT2D eigenvalue weighted by Crippen LogP contribution is 2.19. The van der Waals surface area contributed by atoms with Gasteiger partial charge in [-0.25, -0.2) is 9.59 Å². The standard InChI is InChI=1S/C17H18N2O4/c1-2-23-17(22)19(15-11-7-4-8-12-15)13-18(16(20)21)14-9-5-3-6-10-14/h3-12H,2,13H2,1H3,(H,20,21). The van der Waals surface area contributed by atoms with Gasteiger partial charge in [0, 0.05) is 11.4 Å². The predicted molar refractivity (Wildman–Crippen MR) is 87.8 cm³/mol. The highest BCUT2D eigenvalue weighted by atomic mass is 16.6. The van der Waals surface area contributed by atoms with E-state index in [0.717, 1.165) is 4.90 Å². The lowest BCUT2D eigenvalue weighted by Crippen LogP contribution is -2.44. The molecule has 2 aromatic rings. The summed E-state index contributed by atoms with van der Waals surface area (Å²) in [7, 11) is 0. The van der Waals surface area contributed by atoms with E-state index < -0.39 is 12.2 Å². The first-order valence-electron chi connectivity index (χ1n) is 7.18. The number of ether oxygens (including phenoxy) is 1. The molecule has 1 N–H and O–H groups in total. The molecule has 0 aromatic heterocycles. The van der Waals surface area contributed by atoms with Crippen molar-refractivity contribution in [2.45, 2.75) is 6.92 Å².